The molecular formula is C10H22OSi. The number of rotatable bonds is 3. The van der Waals surface area contributed by atoms with E-state index in [4.69, 9.17) is 4.43 Å². The zero-order chi connectivity index (χ0) is 9.99. The summed E-state index contributed by atoms with van der Waals surface area (Å²) in [7, 11) is -1.59. The highest BCUT2D eigenvalue weighted by Gasteiger charge is 2.38. The first-order valence-corrected chi connectivity index (χ1v) is 7.48. The van der Waals surface area contributed by atoms with Gasteiger partial charge < -0.3 is 4.43 Å². The summed E-state index contributed by atoms with van der Waals surface area (Å²) in [6, 6.07) is 0. The Morgan fingerprint density at radius 3 is 2.00 bits per heavy atom. The molecule has 0 fully saturated rings. The van der Waals surface area contributed by atoms with Crippen molar-refractivity contribution in [3.63, 3.8) is 0 Å². The van der Waals surface area contributed by atoms with E-state index in [-0.39, 0.29) is 5.04 Å². The summed E-state index contributed by atoms with van der Waals surface area (Å²) < 4.78 is 5.90. The summed E-state index contributed by atoms with van der Waals surface area (Å²) in [6.45, 7) is 17.2. The van der Waals surface area contributed by atoms with Gasteiger partial charge in [0.25, 0.3) is 0 Å². The van der Waals surface area contributed by atoms with Crippen LogP contribution in [-0.4, -0.2) is 8.32 Å². The second-order valence-electron chi connectivity index (χ2n) is 4.75. The van der Waals surface area contributed by atoms with Gasteiger partial charge in [0.2, 0.25) is 8.32 Å². The monoisotopic (exact) mass is 186 g/mol. The Morgan fingerprint density at radius 1 is 1.33 bits per heavy atom. The molecule has 2 heteroatoms. The fraction of sp³-hybridized carbons (Fsp3) is 0.800. The van der Waals surface area contributed by atoms with Crippen molar-refractivity contribution >= 4 is 8.32 Å². The van der Waals surface area contributed by atoms with Gasteiger partial charge in [0.15, 0.2) is 0 Å². The van der Waals surface area contributed by atoms with E-state index in [9.17, 15) is 0 Å². The van der Waals surface area contributed by atoms with E-state index in [1.165, 1.54) is 0 Å². The van der Waals surface area contributed by atoms with Crippen molar-refractivity contribution in [3.05, 3.63) is 12.3 Å². The van der Waals surface area contributed by atoms with Gasteiger partial charge in [-0.25, -0.2) is 0 Å². The molecule has 72 valence electrons. The average Bonchev–Trinajstić information content (AvgIpc) is 1.84. The van der Waals surface area contributed by atoms with E-state index < -0.39 is 8.32 Å². The lowest BCUT2D eigenvalue weighted by Crippen LogP contribution is -2.40. The summed E-state index contributed by atoms with van der Waals surface area (Å²) >= 11 is 0. The first kappa shape index (κ1) is 11.8. The van der Waals surface area contributed by atoms with Crippen LogP contribution < -0.4 is 0 Å². The van der Waals surface area contributed by atoms with Crippen LogP contribution in [0.3, 0.4) is 0 Å². The maximum Gasteiger partial charge on any atom is 0.250 e. The number of hydrogen-bond donors (Lipinski definition) is 0. The first-order valence-electron chi connectivity index (χ1n) is 4.57. The Balaban J connectivity index is 4.33. The number of allylic oxidation sites excluding steroid dienone is 1. The smallest absolute Gasteiger partial charge is 0.250 e. The van der Waals surface area contributed by atoms with Crippen LogP contribution in [0.15, 0.2) is 12.3 Å². The molecule has 0 aliphatic heterocycles. The van der Waals surface area contributed by atoms with Gasteiger partial charge in [-0.3, -0.25) is 0 Å². The lowest BCUT2D eigenvalue weighted by Gasteiger charge is -2.36. The van der Waals surface area contributed by atoms with Crippen molar-refractivity contribution in [2.24, 2.45) is 0 Å². The molecule has 0 atom stereocenters. The van der Waals surface area contributed by atoms with Gasteiger partial charge in [-0.1, -0.05) is 34.3 Å². The molecule has 0 N–H and O–H groups in total. The van der Waals surface area contributed by atoms with Gasteiger partial charge in [-0.15, -0.1) is 0 Å². The maximum absolute atomic E-state index is 5.90. The SMILES string of the molecule is C=C(CC)O[Si](C)(C)C(C)(C)C. The first-order chi connectivity index (χ1) is 5.20. The summed E-state index contributed by atoms with van der Waals surface area (Å²) in [5.41, 5.74) is 0. The Hall–Kier alpha value is -0.243. The standard InChI is InChI=1S/C10H22OSi/c1-8-9(2)11-12(6,7)10(3,4)5/h2,8H2,1,3-7H3. The molecule has 0 aromatic rings. The van der Waals surface area contributed by atoms with Crippen LogP contribution in [0, 0.1) is 0 Å². The number of hydrogen-bond acceptors (Lipinski definition) is 1. The predicted octanol–water partition coefficient (Wildman–Crippen LogP) is 3.93. The summed E-state index contributed by atoms with van der Waals surface area (Å²) in [6.07, 6.45) is 0.923. The topological polar surface area (TPSA) is 9.23 Å². The van der Waals surface area contributed by atoms with Gasteiger partial charge in [0.1, 0.15) is 0 Å². The third-order valence-corrected chi connectivity index (χ3v) is 7.01. The van der Waals surface area contributed by atoms with Crippen LogP contribution in [-0.2, 0) is 4.43 Å². The average molecular weight is 186 g/mol. The molecule has 0 amide bonds. The minimum absolute atomic E-state index is 0.283. The molecule has 0 aromatic heterocycles. The molecule has 1 nitrogen and oxygen atoms in total. The van der Waals surface area contributed by atoms with Crippen molar-refractivity contribution in [1.29, 1.82) is 0 Å². The molecule has 0 aliphatic carbocycles. The molecule has 0 aliphatic rings. The van der Waals surface area contributed by atoms with Crippen LogP contribution in [0.5, 0.6) is 0 Å². The molecule has 0 rings (SSSR count). The predicted molar refractivity (Wildman–Crippen MR) is 57.7 cm³/mol. The normalized spacial score (nSPS) is 12.8. The third-order valence-electron chi connectivity index (χ3n) is 2.60. The minimum Gasteiger partial charge on any atom is -0.547 e. The Bertz CT molecular complexity index is 165. The third kappa shape index (κ3) is 3.01. The van der Waals surface area contributed by atoms with E-state index >= 15 is 0 Å². The van der Waals surface area contributed by atoms with Crippen LogP contribution in [0.2, 0.25) is 18.1 Å². The highest BCUT2D eigenvalue weighted by Crippen LogP contribution is 2.37. The molecule has 0 aromatic carbocycles. The lowest BCUT2D eigenvalue weighted by atomic mass is 10.2. The molecule has 0 saturated heterocycles. The van der Waals surface area contributed by atoms with Gasteiger partial charge in [0.05, 0.1) is 5.76 Å². The maximum atomic E-state index is 5.90. The highest BCUT2D eigenvalue weighted by molar-refractivity contribution is 6.74. The van der Waals surface area contributed by atoms with Crippen molar-refractivity contribution in [2.75, 3.05) is 0 Å². The fourth-order valence-corrected chi connectivity index (χ4v) is 1.76. The van der Waals surface area contributed by atoms with E-state index in [0.29, 0.717) is 0 Å². The Labute approximate surface area is 78.0 Å². The van der Waals surface area contributed by atoms with E-state index in [1.807, 2.05) is 0 Å². The molecule has 0 bridgehead atoms. The summed E-state index contributed by atoms with van der Waals surface area (Å²) in [5.74, 6) is 0.932. The van der Waals surface area contributed by atoms with E-state index in [1.54, 1.807) is 0 Å². The van der Waals surface area contributed by atoms with Crippen LogP contribution in [0.1, 0.15) is 34.1 Å². The molecule has 0 unspecified atom stereocenters. The van der Waals surface area contributed by atoms with Gasteiger partial charge >= 0.3 is 0 Å². The van der Waals surface area contributed by atoms with Crippen LogP contribution >= 0.6 is 0 Å². The zero-order valence-corrected chi connectivity index (χ0v) is 10.3. The molecular weight excluding hydrogens is 164 g/mol. The zero-order valence-electron chi connectivity index (χ0n) is 9.32. The molecule has 12 heavy (non-hydrogen) atoms. The highest BCUT2D eigenvalue weighted by atomic mass is 28.4. The van der Waals surface area contributed by atoms with Gasteiger partial charge in [-0.2, -0.15) is 0 Å². The quantitative estimate of drug-likeness (QED) is 0.479. The Morgan fingerprint density at radius 2 is 1.75 bits per heavy atom. The largest absolute Gasteiger partial charge is 0.547 e. The van der Waals surface area contributed by atoms with E-state index in [2.05, 4.69) is 47.4 Å². The van der Waals surface area contributed by atoms with Crippen LogP contribution in [0.4, 0.5) is 0 Å². The molecule has 0 saturated carbocycles. The second kappa shape index (κ2) is 3.65. The lowest BCUT2D eigenvalue weighted by molar-refractivity contribution is 0.373. The van der Waals surface area contributed by atoms with Crippen molar-refractivity contribution in [1.82, 2.24) is 0 Å². The van der Waals surface area contributed by atoms with Gasteiger partial charge in [0, 0.05) is 0 Å². The fourth-order valence-electron chi connectivity index (χ4n) is 0.586. The van der Waals surface area contributed by atoms with E-state index in [0.717, 1.165) is 12.2 Å². The molecule has 0 heterocycles. The van der Waals surface area contributed by atoms with Crippen molar-refractivity contribution in [3.8, 4) is 0 Å². The summed E-state index contributed by atoms with van der Waals surface area (Å²) in [5, 5.41) is 0.283. The minimum atomic E-state index is -1.59. The molecule has 0 spiro atoms. The van der Waals surface area contributed by atoms with Crippen LogP contribution in [0.25, 0.3) is 0 Å². The van der Waals surface area contributed by atoms with Crippen molar-refractivity contribution in [2.45, 2.75) is 52.2 Å². The second-order valence-corrected chi connectivity index (χ2v) is 9.48. The van der Waals surface area contributed by atoms with Crippen molar-refractivity contribution < 1.29 is 4.43 Å². The van der Waals surface area contributed by atoms with Gasteiger partial charge in [-0.05, 0) is 24.6 Å². The summed E-state index contributed by atoms with van der Waals surface area (Å²) in [4.78, 5) is 0. The Kier molecular flexibility index (Phi) is 3.57. The molecule has 0 radical (unpaired) electrons.